The van der Waals surface area contributed by atoms with Crippen molar-refractivity contribution in [3.05, 3.63) is 29.3 Å². The van der Waals surface area contributed by atoms with E-state index in [4.69, 9.17) is 4.74 Å². The number of cyclic esters (lactones) is 1. The second-order valence-electron chi connectivity index (χ2n) is 5.28. The van der Waals surface area contributed by atoms with Crippen LogP contribution in [0.15, 0.2) is 12.1 Å². The molecule has 1 aromatic carbocycles. The van der Waals surface area contributed by atoms with Gasteiger partial charge in [-0.25, -0.2) is 4.39 Å². The van der Waals surface area contributed by atoms with Crippen LogP contribution >= 0.6 is 0 Å². The van der Waals surface area contributed by atoms with Crippen molar-refractivity contribution in [2.45, 2.75) is 31.5 Å². The highest BCUT2D eigenvalue weighted by Crippen LogP contribution is 2.52. The highest BCUT2D eigenvalue weighted by Gasteiger charge is 2.65. The van der Waals surface area contributed by atoms with Gasteiger partial charge < -0.3 is 9.47 Å². The Morgan fingerprint density at radius 3 is 2.32 bits per heavy atom. The Labute approximate surface area is 123 Å². The van der Waals surface area contributed by atoms with Crippen LogP contribution < -0.4 is 4.74 Å². The van der Waals surface area contributed by atoms with Crippen LogP contribution in [0.25, 0.3) is 0 Å². The van der Waals surface area contributed by atoms with E-state index >= 15 is 0 Å². The Hall–Kier alpha value is -1.86. The van der Waals surface area contributed by atoms with Gasteiger partial charge in [0.15, 0.2) is 11.6 Å². The van der Waals surface area contributed by atoms with Crippen molar-refractivity contribution in [3.63, 3.8) is 0 Å². The fourth-order valence-corrected chi connectivity index (χ4v) is 2.60. The smallest absolute Gasteiger partial charge is 0.428 e. The number of esters is 1. The number of benzene rings is 1. The van der Waals surface area contributed by atoms with Gasteiger partial charge in [0.25, 0.3) is 0 Å². The van der Waals surface area contributed by atoms with E-state index in [0.717, 1.165) is 26.2 Å². The molecule has 1 fully saturated rings. The fourth-order valence-electron chi connectivity index (χ4n) is 2.60. The third-order valence-corrected chi connectivity index (χ3v) is 4.12. The predicted molar refractivity (Wildman–Crippen MR) is 65.4 cm³/mol. The van der Waals surface area contributed by atoms with E-state index in [1.54, 1.807) is 0 Å². The van der Waals surface area contributed by atoms with Gasteiger partial charge >= 0.3 is 12.1 Å². The molecule has 1 saturated heterocycles. The van der Waals surface area contributed by atoms with Crippen LogP contribution in [-0.4, -0.2) is 24.9 Å². The molecule has 1 heterocycles. The maximum atomic E-state index is 13.7. The summed E-state index contributed by atoms with van der Waals surface area (Å²) in [6, 6.07) is 1.76. The molecule has 3 atom stereocenters. The maximum absolute atomic E-state index is 13.7. The molecule has 2 rings (SSSR count). The molecule has 8 heteroatoms. The topological polar surface area (TPSA) is 35.5 Å². The molecule has 0 radical (unpaired) electrons. The summed E-state index contributed by atoms with van der Waals surface area (Å²) in [5, 5.41) is 0. The summed E-state index contributed by atoms with van der Waals surface area (Å²) in [6.45, 7) is 1.92. The summed E-state index contributed by atoms with van der Waals surface area (Å²) in [5.74, 6) is -7.08. The van der Waals surface area contributed by atoms with Gasteiger partial charge in [-0.15, -0.1) is 0 Å². The van der Waals surface area contributed by atoms with E-state index < -0.39 is 47.0 Å². The third-order valence-electron chi connectivity index (χ3n) is 4.12. The highest BCUT2D eigenvalue weighted by atomic mass is 19.4. The van der Waals surface area contributed by atoms with Crippen LogP contribution in [0.1, 0.15) is 25.3 Å². The minimum Gasteiger partial charge on any atom is -0.493 e. The average Bonchev–Trinajstić information content (AvgIpc) is 2.64. The molecule has 1 aliphatic rings. The van der Waals surface area contributed by atoms with Crippen LogP contribution in [0, 0.1) is 17.6 Å². The van der Waals surface area contributed by atoms with Crippen molar-refractivity contribution in [1.82, 2.24) is 0 Å². The van der Waals surface area contributed by atoms with Crippen molar-refractivity contribution in [2.24, 2.45) is 5.92 Å². The molecule has 0 amide bonds. The third kappa shape index (κ3) is 2.21. The predicted octanol–water partition coefficient (Wildman–Crippen LogP) is 3.57. The fraction of sp³-hybridized carbons (Fsp3) is 0.500. The van der Waals surface area contributed by atoms with Crippen molar-refractivity contribution >= 4 is 5.97 Å². The Bertz CT molecular complexity index is 613. The van der Waals surface area contributed by atoms with Crippen LogP contribution in [0.2, 0.25) is 0 Å². The second-order valence-corrected chi connectivity index (χ2v) is 5.28. The van der Waals surface area contributed by atoms with Gasteiger partial charge in [-0.2, -0.15) is 17.6 Å². The largest absolute Gasteiger partial charge is 0.493 e. The molecule has 22 heavy (non-hydrogen) atoms. The quantitative estimate of drug-likeness (QED) is 0.616. The molecule has 0 bridgehead atoms. The summed E-state index contributed by atoms with van der Waals surface area (Å²) in [5.41, 5.74) is -2.88. The molecule has 1 aromatic rings. The molecule has 1 aliphatic heterocycles. The van der Waals surface area contributed by atoms with Gasteiger partial charge in [0.2, 0.25) is 11.4 Å². The summed E-state index contributed by atoms with van der Waals surface area (Å²) >= 11 is 0. The van der Waals surface area contributed by atoms with E-state index in [-0.39, 0.29) is 5.56 Å². The van der Waals surface area contributed by atoms with Crippen LogP contribution in [0.3, 0.4) is 0 Å². The first-order valence-electron chi connectivity index (χ1n) is 6.36. The van der Waals surface area contributed by atoms with E-state index in [2.05, 4.69) is 4.74 Å². The van der Waals surface area contributed by atoms with Crippen molar-refractivity contribution in [1.29, 1.82) is 0 Å². The lowest BCUT2D eigenvalue weighted by Gasteiger charge is -2.30. The molecule has 122 valence electrons. The lowest BCUT2D eigenvalue weighted by atomic mass is 9.79. The Balaban J connectivity index is 2.55. The molecule has 0 saturated carbocycles. The molecular weight excluding hydrogens is 311 g/mol. The van der Waals surface area contributed by atoms with Gasteiger partial charge in [0.1, 0.15) is 0 Å². The van der Waals surface area contributed by atoms with Crippen LogP contribution in [0.5, 0.6) is 5.75 Å². The lowest BCUT2D eigenvalue weighted by Crippen LogP contribution is -2.46. The normalized spacial score (nSPS) is 28.6. The molecule has 3 nitrogen and oxygen atoms in total. The zero-order chi connectivity index (χ0) is 16.9. The minimum atomic E-state index is -4.79. The number of alkyl halides is 3. The SMILES string of the molecule is COc1c([C@H]2C(=O)O[C@@](C)(C(F)(F)F)[C@H]2C)ccc(F)c1F. The van der Waals surface area contributed by atoms with Gasteiger partial charge in [-0.05, 0) is 13.0 Å². The number of rotatable bonds is 2. The lowest BCUT2D eigenvalue weighted by molar-refractivity contribution is -0.262. The molecule has 0 N–H and O–H groups in total. The van der Waals surface area contributed by atoms with Crippen molar-refractivity contribution in [3.8, 4) is 5.75 Å². The van der Waals surface area contributed by atoms with E-state index in [0.29, 0.717) is 0 Å². The summed E-state index contributed by atoms with van der Waals surface area (Å²) in [6.07, 6.45) is -4.79. The zero-order valence-corrected chi connectivity index (χ0v) is 11.9. The molecule has 0 spiro atoms. The molecule has 0 aliphatic carbocycles. The van der Waals surface area contributed by atoms with Gasteiger partial charge in [0.05, 0.1) is 13.0 Å². The first-order chi connectivity index (χ1) is 10.0. The van der Waals surface area contributed by atoms with Gasteiger partial charge in [-0.3, -0.25) is 4.79 Å². The average molecular weight is 324 g/mol. The van der Waals surface area contributed by atoms with Crippen molar-refractivity contribution < 1.29 is 36.2 Å². The van der Waals surface area contributed by atoms with Crippen LogP contribution in [-0.2, 0) is 9.53 Å². The number of hydrogen-bond donors (Lipinski definition) is 0. The zero-order valence-electron chi connectivity index (χ0n) is 11.9. The summed E-state index contributed by atoms with van der Waals surface area (Å²) in [4.78, 5) is 11.9. The van der Waals surface area contributed by atoms with Crippen molar-refractivity contribution in [2.75, 3.05) is 7.11 Å². The number of methoxy groups -OCH3 is 1. The summed E-state index contributed by atoms with van der Waals surface area (Å²) < 4.78 is 75.6. The Morgan fingerprint density at radius 2 is 1.86 bits per heavy atom. The molecular formula is C14H13F5O3. The standard InChI is InChI=1S/C14H13F5O3/c1-6-9(12(20)22-13(6,2)14(17,18)19)7-4-5-8(15)10(16)11(7)21-3/h4-6,9H,1-3H3/t6-,9-,13+/m0/s1. The number of ether oxygens (including phenoxy) is 2. The Kier molecular flexibility index (Phi) is 3.83. The Morgan fingerprint density at radius 1 is 1.27 bits per heavy atom. The monoisotopic (exact) mass is 324 g/mol. The summed E-state index contributed by atoms with van der Waals surface area (Å²) in [7, 11) is 1.04. The number of carbonyl (C=O) groups is 1. The number of hydrogen-bond acceptors (Lipinski definition) is 3. The first-order valence-corrected chi connectivity index (χ1v) is 6.36. The number of halogens is 5. The van der Waals surface area contributed by atoms with E-state index in [1.807, 2.05) is 0 Å². The maximum Gasteiger partial charge on any atom is 0.428 e. The first kappa shape index (κ1) is 16.5. The van der Waals surface area contributed by atoms with Crippen LogP contribution in [0.4, 0.5) is 22.0 Å². The molecule has 0 unspecified atom stereocenters. The molecule has 0 aromatic heterocycles. The van der Waals surface area contributed by atoms with E-state index in [9.17, 15) is 26.7 Å². The minimum absolute atomic E-state index is 0.174. The highest BCUT2D eigenvalue weighted by molar-refractivity contribution is 5.82. The number of carbonyl (C=O) groups excluding carboxylic acids is 1. The second kappa shape index (κ2) is 5.10. The van der Waals surface area contributed by atoms with Gasteiger partial charge in [-0.1, -0.05) is 13.0 Å². The van der Waals surface area contributed by atoms with E-state index in [1.165, 1.54) is 6.92 Å². The van der Waals surface area contributed by atoms with Gasteiger partial charge in [0, 0.05) is 11.5 Å².